The number of nitrogens with one attached hydrogen (secondary N) is 1. The van der Waals surface area contributed by atoms with E-state index in [2.05, 4.69) is 15.3 Å². The van der Waals surface area contributed by atoms with Gasteiger partial charge in [-0.05, 0) is 0 Å². The van der Waals surface area contributed by atoms with Crippen molar-refractivity contribution in [2.75, 3.05) is 7.05 Å². The van der Waals surface area contributed by atoms with E-state index in [1.807, 2.05) is 22.2 Å². The summed E-state index contributed by atoms with van der Waals surface area (Å²) in [5, 5.41) is 4.96. The Hall–Kier alpha value is -1.56. The number of guanidine groups is 1. The van der Waals surface area contributed by atoms with Gasteiger partial charge in [0.2, 0.25) is 0 Å². The van der Waals surface area contributed by atoms with Gasteiger partial charge in [-0.15, -0.1) is 11.3 Å². The van der Waals surface area contributed by atoms with Crippen LogP contribution in [0.1, 0.15) is 5.69 Å². The largest absolute Gasteiger partial charge is 0.370 e. The van der Waals surface area contributed by atoms with Crippen molar-refractivity contribution in [2.24, 2.45) is 10.7 Å². The van der Waals surface area contributed by atoms with Crippen LogP contribution in [0.25, 0.3) is 4.96 Å². The number of nitrogens with zero attached hydrogens (tertiary/aromatic N) is 3. The fraction of sp³-hybridized carbons (Fsp3) is 0.250. The van der Waals surface area contributed by atoms with Crippen LogP contribution in [0.15, 0.2) is 22.8 Å². The van der Waals surface area contributed by atoms with Gasteiger partial charge in [-0.1, -0.05) is 0 Å². The molecule has 2 rings (SSSR count). The van der Waals surface area contributed by atoms with Crippen LogP contribution in [0.5, 0.6) is 0 Å². The van der Waals surface area contributed by atoms with E-state index in [0.717, 1.165) is 10.7 Å². The molecule has 0 fully saturated rings. The molecule has 0 amide bonds. The van der Waals surface area contributed by atoms with E-state index < -0.39 is 0 Å². The van der Waals surface area contributed by atoms with Crippen LogP contribution in [0, 0.1) is 0 Å². The summed E-state index contributed by atoms with van der Waals surface area (Å²) < 4.78 is 1.99. The smallest absolute Gasteiger partial charge is 0.193 e. The molecule has 14 heavy (non-hydrogen) atoms. The number of fused-ring (bicyclic) bond motifs is 1. The molecule has 2 aromatic rings. The van der Waals surface area contributed by atoms with Gasteiger partial charge < -0.3 is 11.1 Å². The molecule has 2 heterocycles. The number of aliphatic imine (C=N–C) groups is 1. The topological polar surface area (TPSA) is 67.7 Å². The summed E-state index contributed by atoms with van der Waals surface area (Å²) in [6.45, 7) is 0.609. The molecule has 5 nitrogen and oxygen atoms in total. The first-order valence-corrected chi connectivity index (χ1v) is 5.05. The minimum atomic E-state index is 0.432. The SMILES string of the molecule is CN=C(N)NCc1cn2ccsc2n1. The number of hydrogen-bond donors (Lipinski definition) is 2. The molecule has 0 saturated carbocycles. The third kappa shape index (κ3) is 1.69. The molecule has 6 heteroatoms. The zero-order valence-electron chi connectivity index (χ0n) is 7.77. The molecule has 0 bridgehead atoms. The first kappa shape index (κ1) is 9.01. The molecule has 0 aliphatic carbocycles. The van der Waals surface area contributed by atoms with Crippen molar-refractivity contribution in [3.63, 3.8) is 0 Å². The molecule has 0 unspecified atom stereocenters. The van der Waals surface area contributed by atoms with Gasteiger partial charge >= 0.3 is 0 Å². The molecule has 0 saturated heterocycles. The molecule has 0 aliphatic rings. The molecule has 0 aliphatic heterocycles. The lowest BCUT2D eigenvalue weighted by Gasteiger charge is -2.00. The fourth-order valence-corrected chi connectivity index (χ4v) is 1.84. The zero-order valence-corrected chi connectivity index (χ0v) is 8.58. The van der Waals surface area contributed by atoms with Gasteiger partial charge in [0.15, 0.2) is 10.9 Å². The molecule has 74 valence electrons. The first-order chi connectivity index (χ1) is 6.79. The third-order valence-corrected chi connectivity index (χ3v) is 2.61. The van der Waals surface area contributed by atoms with Crippen LogP contribution in [0.3, 0.4) is 0 Å². The fourth-order valence-electron chi connectivity index (χ4n) is 1.12. The second kappa shape index (κ2) is 3.67. The number of aromatic nitrogens is 2. The standard InChI is InChI=1S/C8H11N5S/c1-10-7(9)11-4-6-5-13-2-3-14-8(13)12-6/h2-3,5H,4H2,1H3,(H3,9,10,11). The Morgan fingerprint density at radius 1 is 1.79 bits per heavy atom. The Morgan fingerprint density at radius 2 is 2.64 bits per heavy atom. The van der Waals surface area contributed by atoms with E-state index in [4.69, 9.17) is 5.73 Å². The Kier molecular flexibility index (Phi) is 2.36. The van der Waals surface area contributed by atoms with Gasteiger partial charge in [0.1, 0.15) is 0 Å². The van der Waals surface area contributed by atoms with Gasteiger partial charge in [0, 0.05) is 24.8 Å². The Balaban J connectivity index is 2.08. The van der Waals surface area contributed by atoms with Gasteiger partial charge in [-0.3, -0.25) is 9.39 Å². The summed E-state index contributed by atoms with van der Waals surface area (Å²) in [7, 11) is 1.65. The summed E-state index contributed by atoms with van der Waals surface area (Å²) in [5.41, 5.74) is 6.46. The summed E-state index contributed by atoms with van der Waals surface area (Å²) >= 11 is 1.61. The van der Waals surface area contributed by atoms with E-state index in [9.17, 15) is 0 Å². The highest BCUT2D eigenvalue weighted by molar-refractivity contribution is 7.15. The van der Waals surface area contributed by atoms with E-state index in [1.165, 1.54) is 0 Å². The highest BCUT2D eigenvalue weighted by Gasteiger charge is 2.01. The van der Waals surface area contributed by atoms with Crippen molar-refractivity contribution in [2.45, 2.75) is 6.54 Å². The van der Waals surface area contributed by atoms with Crippen LogP contribution in [0.2, 0.25) is 0 Å². The molecule has 2 aromatic heterocycles. The van der Waals surface area contributed by atoms with Gasteiger partial charge in [0.25, 0.3) is 0 Å². The number of hydrogen-bond acceptors (Lipinski definition) is 3. The Morgan fingerprint density at radius 3 is 3.36 bits per heavy atom. The predicted octanol–water partition coefficient (Wildman–Crippen LogP) is 0.430. The van der Waals surface area contributed by atoms with Crippen LogP contribution >= 0.6 is 11.3 Å². The predicted molar refractivity (Wildman–Crippen MR) is 57.5 cm³/mol. The summed E-state index contributed by atoms with van der Waals surface area (Å²) in [4.78, 5) is 9.18. The number of rotatable bonds is 2. The lowest BCUT2D eigenvalue weighted by atomic mass is 10.5. The molecular formula is C8H11N5S. The molecular weight excluding hydrogens is 198 g/mol. The molecule has 0 atom stereocenters. The third-order valence-electron chi connectivity index (χ3n) is 1.83. The van der Waals surface area contributed by atoms with Crippen LogP contribution in [-0.2, 0) is 6.54 Å². The number of nitrogens with two attached hydrogens (primary N) is 1. The molecule has 0 spiro atoms. The quantitative estimate of drug-likeness (QED) is 0.556. The van der Waals surface area contributed by atoms with E-state index in [0.29, 0.717) is 12.5 Å². The van der Waals surface area contributed by atoms with E-state index >= 15 is 0 Å². The number of thiazole rings is 1. The van der Waals surface area contributed by atoms with Crippen molar-refractivity contribution >= 4 is 22.3 Å². The summed E-state index contributed by atoms with van der Waals surface area (Å²) in [6.07, 6.45) is 3.95. The second-order valence-corrected chi connectivity index (χ2v) is 3.66. The van der Waals surface area contributed by atoms with Crippen molar-refractivity contribution in [3.8, 4) is 0 Å². The second-order valence-electron chi connectivity index (χ2n) is 2.79. The molecule has 0 radical (unpaired) electrons. The normalized spacial score (nSPS) is 12.2. The van der Waals surface area contributed by atoms with Crippen molar-refractivity contribution in [3.05, 3.63) is 23.5 Å². The van der Waals surface area contributed by atoms with Gasteiger partial charge in [-0.2, -0.15) is 0 Å². The Bertz CT molecular complexity index is 426. The van der Waals surface area contributed by atoms with Gasteiger partial charge in [-0.25, -0.2) is 4.98 Å². The maximum atomic E-state index is 5.50. The average Bonchev–Trinajstić information content (AvgIpc) is 2.73. The number of imidazole rings is 1. The maximum absolute atomic E-state index is 5.50. The highest BCUT2D eigenvalue weighted by Crippen LogP contribution is 2.10. The van der Waals surface area contributed by atoms with Crippen LogP contribution in [-0.4, -0.2) is 22.4 Å². The molecule has 3 N–H and O–H groups in total. The first-order valence-electron chi connectivity index (χ1n) is 4.17. The zero-order chi connectivity index (χ0) is 9.97. The van der Waals surface area contributed by atoms with Crippen molar-refractivity contribution in [1.82, 2.24) is 14.7 Å². The minimum absolute atomic E-state index is 0.432. The van der Waals surface area contributed by atoms with E-state index in [1.54, 1.807) is 18.4 Å². The monoisotopic (exact) mass is 209 g/mol. The highest BCUT2D eigenvalue weighted by atomic mass is 32.1. The minimum Gasteiger partial charge on any atom is -0.370 e. The van der Waals surface area contributed by atoms with Crippen molar-refractivity contribution in [1.29, 1.82) is 0 Å². The average molecular weight is 209 g/mol. The van der Waals surface area contributed by atoms with Crippen molar-refractivity contribution < 1.29 is 0 Å². The summed E-state index contributed by atoms with van der Waals surface area (Å²) in [5.74, 6) is 0.432. The lowest BCUT2D eigenvalue weighted by Crippen LogP contribution is -2.30. The lowest BCUT2D eigenvalue weighted by molar-refractivity contribution is 0.873. The summed E-state index contributed by atoms with van der Waals surface area (Å²) in [6, 6.07) is 0. The van der Waals surface area contributed by atoms with Gasteiger partial charge in [0.05, 0.1) is 12.2 Å². The van der Waals surface area contributed by atoms with E-state index in [-0.39, 0.29) is 0 Å². The van der Waals surface area contributed by atoms with Crippen LogP contribution in [0.4, 0.5) is 0 Å². The Labute approximate surface area is 85.3 Å². The van der Waals surface area contributed by atoms with Crippen LogP contribution < -0.4 is 11.1 Å². The molecule has 0 aromatic carbocycles. The maximum Gasteiger partial charge on any atom is 0.193 e.